The molecule has 0 spiro atoms. The molecule has 0 aliphatic carbocycles. The van der Waals surface area contributed by atoms with Gasteiger partial charge < -0.3 is 19.7 Å². The van der Waals surface area contributed by atoms with Crippen LogP contribution in [0.2, 0.25) is 0 Å². The normalized spacial score (nSPS) is 12.9. The highest BCUT2D eigenvalue weighted by molar-refractivity contribution is 7.89. The third-order valence-corrected chi connectivity index (χ3v) is 3.88. The molecule has 0 aliphatic rings. The number of carbonyl (C=O) groups is 1. The molecule has 0 radical (unpaired) electrons. The van der Waals surface area contributed by atoms with E-state index in [0.717, 1.165) is 0 Å². The quantitative estimate of drug-likeness (QED) is 0.521. The first-order valence-electron chi connectivity index (χ1n) is 5.99. The summed E-state index contributed by atoms with van der Waals surface area (Å²) in [4.78, 5) is 10.4. The topological polar surface area (TPSA) is 122 Å². The summed E-state index contributed by atoms with van der Waals surface area (Å²) in [5, 5.41) is 17.5. The van der Waals surface area contributed by atoms with Gasteiger partial charge in [0, 0.05) is 13.7 Å². The molecule has 0 aliphatic heterocycles. The van der Waals surface area contributed by atoms with Gasteiger partial charge in [-0.05, 0) is 24.3 Å². The summed E-state index contributed by atoms with van der Waals surface area (Å²) in [6.07, 6.45) is -1.79. The van der Waals surface area contributed by atoms with E-state index in [1.54, 1.807) is 0 Å². The molecule has 8 nitrogen and oxygen atoms in total. The lowest BCUT2D eigenvalue weighted by atomic mass is 10.3. The van der Waals surface area contributed by atoms with Crippen molar-refractivity contribution >= 4 is 16.0 Å². The van der Waals surface area contributed by atoms with Gasteiger partial charge in [0.05, 0.1) is 11.5 Å². The maximum absolute atomic E-state index is 11.9. The number of carboxylic acids is 1. The van der Waals surface area contributed by atoms with Gasteiger partial charge in [-0.1, -0.05) is 0 Å². The zero-order chi connectivity index (χ0) is 15.9. The van der Waals surface area contributed by atoms with Crippen molar-refractivity contribution in [2.24, 2.45) is 0 Å². The van der Waals surface area contributed by atoms with E-state index in [1.807, 2.05) is 4.72 Å². The van der Waals surface area contributed by atoms with Crippen molar-refractivity contribution in [1.82, 2.24) is 4.72 Å². The fourth-order valence-electron chi connectivity index (χ4n) is 1.32. The molecule has 3 N–H and O–H groups in total. The minimum atomic E-state index is -3.88. The van der Waals surface area contributed by atoms with Crippen molar-refractivity contribution < 1.29 is 32.9 Å². The number of hydrogen-bond donors (Lipinski definition) is 3. The first-order valence-corrected chi connectivity index (χ1v) is 7.47. The van der Waals surface area contributed by atoms with Gasteiger partial charge in [-0.25, -0.2) is 17.9 Å². The van der Waals surface area contributed by atoms with E-state index < -0.39 is 28.6 Å². The van der Waals surface area contributed by atoms with Gasteiger partial charge in [-0.2, -0.15) is 0 Å². The Labute approximate surface area is 122 Å². The predicted octanol–water partition coefficient (Wildman–Crippen LogP) is -0.564. The Balaban J connectivity index is 2.64. The van der Waals surface area contributed by atoms with Crippen LogP contribution < -0.4 is 9.46 Å². The average molecular weight is 319 g/mol. The fraction of sp³-hybridized carbons (Fsp3) is 0.417. The first-order chi connectivity index (χ1) is 9.86. The van der Waals surface area contributed by atoms with E-state index in [9.17, 15) is 13.2 Å². The molecule has 0 amide bonds. The Morgan fingerprint density at radius 2 is 1.90 bits per heavy atom. The number of hydrogen-bond acceptors (Lipinski definition) is 6. The number of nitrogens with one attached hydrogen (secondary N) is 1. The summed E-state index contributed by atoms with van der Waals surface area (Å²) in [6.45, 7) is 0.143. The average Bonchev–Trinajstić information content (AvgIpc) is 2.45. The molecule has 0 saturated carbocycles. The lowest BCUT2D eigenvalue weighted by Crippen LogP contribution is -2.36. The molecule has 9 heteroatoms. The number of rotatable bonds is 9. The highest BCUT2D eigenvalue weighted by Gasteiger charge is 2.19. The molecule has 1 aromatic carbocycles. The van der Waals surface area contributed by atoms with Gasteiger partial charge in [-0.15, -0.1) is 0 Å². The standard InChI is InChI=1S/C12H17NO7S/c1-19-6-7-20-9-2-4-10(5-3-9)21(17,18)13-8-11(14)12(15)16/h2-5,11,13-14H,6-8H2,1H3,(H,15,16)/t11-/m0/s1. The molecule has 1 rings (SSSR count). The summed E-state index contributed by atoms with van der Waals surface area (Å²) in [5.41, 5.74) is 0. The molecular formula is C12H17NO7S. The molecule has 0 heterocycles. The van der Waals surface area contributed by atoms with E-state index in [-0.39, 0.29) is 4.90 Å². The number of sulfonamides is 1. The van der Waals surface area contributed by atoms with Crippen molar-refractivity contribution in [1.29, 1.82) is 0 Å². The van der Waals surface area contributed by atoms with E-state index >= 15 is 0 Å². The lowest BCUT2D eigenvalue weighted by molar-refractivity contribution is -0.146. The van der Waals surface area contributed by atoms with Crippen molar-refractivity contribution in [3.8, 4) is 5.75 Å². The Morgan fingerprint density at radius 3 is 2.43 bits per heavy atom. The minimum Gasteiger partial charge on any atom is -0.491 e. The maximum Gasteiger partial charge on any atom is 0.333 e. The zero-order valence-corrected chi connectivity index (χ0v) is 12.2. The number of carboxylic acid groups (broad SMARTS) is 1. The van der Waals surface area contributed by atoms with Crippen LogP contribution in [0.1, 0.15) is 0 Å². The van der Waals surface area contributed by atoms with Gasteiger partial charge in [0.15, 0.2) is 6.10 Å². The molecule has 0 saturated heterocycles. The van der Waals surface area contributed by atoms with Crippen molar-refractivity contribution in [2.75, 3.05) is 26.9 Å². The van der Waals surface area contributed by atoms with Gasteiger partial charge in [0.25, 0.3) is 0 Å². The molecule has 0 unspecified atom stereocenters. The van der Waals surface area contributed by atoms with Gasteiger partial charge in [0.2, 0.25) is 10.0 Å². The molecule has 0 fully saturated rings. The molecule has 21 heavy (non-hydrogen) atoms. The smallest absolute Gasteiger partial charge is 0.333 e. The number of aliphatic carboxylic acids is 1. The van der Waals surface area contributed by atoms with Gasteiger partial charge >= 0.3 is 5.97 Å². The SMILES string of the molecule is COCCOc1ccc(S(=O)(=O)NC[C@H](O)C(=O)O)cc1. The van der Waals surface area contributed by atoms with Crippen LogP contribution in [0.5, 0.6) is 5.75 Å². The summed E-state index contributed by atoms with van der Waals surface area (Å²) < 4.78 is 35.8. The number of aliphatic hydroxyl groups excluding tert-OH is 1. The fourth-order valence-corrected chi connectivity index (χ4v) is 2.36. The van der Waals surface area contributed by atoms with Crippen LogP contribution in [0.4, 0.5) is 0 Å². The third-order valence-electron chi connectivity index (χ3n) is 2.44. The summed E-state index contributed by atoms with van der Waals surface area (Å²) in [5.74, 6) is -1.02. The second-order valence-electron chi connectivity index (χ2n) is 4.02. The number of benzene rings is 1. The van der Waals surface area contributed by atoms with E-state index in [1.165, 1.54) is 31.4 Å². The molecule has 1 aromatic rings. The van der Waals surface area contributed by atoms with Crippen molar-refractivity contribution in [2.45, 2.75) is 11.0 Å². The van der Waals surface area contributed by atoms with Crippen LogP contribution in [0, 0.1) is 0 Å². The summed E-state index contributed by atoms with van der Waals surface area (Å²) >= 11 is 0. The second kappa shape index (κ2) is 7.93. The Bertz CT molecular complexity index is 555. The third kappa shape index (κ3) is 5.68. The Morgan fingerprint density at radius 1 is 1.29 bits per heavy atom. The molecule has 0 aromatic heterocycles. The number of ether oxygens (including phenoxy) is 2. The molecular weight excluding hydrogens is 302 g/mol. The van der Waals surface area contributed by atoms with E-state index in [2.05, 4.69) is 0 Å². The largest absolute Gasteiger partial charge is 0.491 e. The van der Waals surface area contributed by atoms with Crippen LogP contribution in [-0.2, 0) is 19.6 Å². The minimum absolute atomic E-state index is 0.0563. The number of methoxy groups -OCH3 is 1. The molecule has 1 atom stereocenters. The van der Waals surface area contributed by atoms with E-state index in [0.29, 0.717) is 19.0 Å². The van der Waals surface area contributed by atoms with Gasteiger partial charge in [0.1, 0.15) is 12.4 Å². The van der Waals surface area contributed by atoms with Crippen LogP contribution in [0.25, 0.3) is 0 Å². The maximum atomic E-state index is 11.9. The monoisotopic (exact) mass is 319 g/mol. The summed E-state index contributed by atoms with van der Waals surface area (Å²) in [7, 11) is -2.35. The number of aliphatic hydroxyl groups is 1. The van der Waals surface area contributed by atoms with Gasteiger partial charge in [-0.3, -0.25) is 0 Å². The van der Waals surface area contributed by atoms with Crippen LogP contribution >= 0.6 is 0 Å². The van der Waals surface area contributed by atoms with Crippen LogP contribution in [0.15, 0.2) is 29.2 Å². The van der Waals surface area contributed by atoms with E-state index in [4.69, 9.17) is 19.7 Å². The highest BCUT2D eigenvalue weighted by atomic mass is 32.2. The molecule has 0 bridgehead atoms. The first kappa shape index (κ1) is 17.4. The Kier molecular flexibility index (Phi) is 6.56. The van der Waals surface area contributed by atoms with Crippen molar-refractivity contribution in [3.63, 3.8) is 0 Å². The van der Waals surface area contributed by atoms with Crippen LogP contribution in [-0.4, -0.2) is 57.6 Å². The predicted molar refractivity (Wildman–Crippen MR) is 72.6 cm³/mol. The lowest BCUT2D eigenvalue weighted by Gasteiger charge is -2.10. The Hall–Kier alpha value is -1.68. The second-order valence-corrected chi connectivity index (χ2v) is 5.79. The molecule has 118 valence electrons. The van der Waals surface area contributed by atoms with Crippen molar-refractivity contribution in [3.05, 3.63) is 24.3 Å². The highest BCUT2D eigenvalue weighted by Crippen LogP contribution is 2.15. The van der Waals surface area contributed by atoms with Crippen LogP contribution in [0.3, 0.4) is 0 Å². The summed E-state index contributed by atoms with van der Waals surface area (Å²) in [6, 6.07) is 5.57. The zero-order valence-electron chi connectivity index (χ0n) is 11.4.